The number of aromatic nitrogens is 2. The molecule has 1 heterocycles. The van der Waals surface area contributed by atoms with E-state index >= 15 is 0 Å². The molecule has 0 saturated heterocycles. The number of rotatable bonds is 17. The van der Waals surface area contributed by atoms with Gasteiger partial charge in [0.05, 0.1) is 11.4 Å². The van der Waals surface area contributed by atoms with Gasteiger partial charge in [0.15, 0.2) is 6.23 Å². The number of hydrogen-bond donors (Lipinski definition) is 6. The maximum atomic E-state index is 10.5. The summed E-state index contributed by atoms with van der Waals surface area (Å²) in [6.45, 7) is 3.56. The number of anilines is 1. The van der Waals surface area contributed by atoms with Crippen LogP contribution in [-0.4, -0.2) is 55.1 Å². The lowest BCUT2D eigenvalue weighted by molar-refractivity contribution is 0.0810. The number of aryl methyl sites for hydroxylation is 1. The molecule has 1 aromatic heterocycles. The summed E-state index contributed by atoms with van der Waals surface area (Å²) in [5.74, 6) is 0.385. The van der Waals surface area contributed by atoms with Gasteiger partial charge in [0.25, 0.3) is 0 Å². The molecular weight excluding hydrogens is 524 g/mol. The number of aliphatic hydroxyl groups is 3. The average Bonchev–Trinajstić information content (AvgIpc) is 3.32. The second-order valence-electron chi connectivity index (χ2n) is 11.0. The topological polar surface area (TPSA) is 161 Å². The van der Waals surface area contributed by atoms with Crippen molar-refractivity contribution in [1.82, 2.24) is 10.2 Å². The first kappa shape index (κ1) is 31.6. The van der Waals surface area contributed by atoms with Crippen molar-refractivity contribution in [1.29, 1.82) is 5.41 Å². The largest absolute Gasteiger partial charge is 0.390 e. The molecule has 2 aromatic rings. The number of amidine groups is 1. The maximum absolute atomic E-state index is 10.5. The molecule has 10 heteroatoms. The molecule has 2 atom stereocenters. The van der Waals surface area contributed by atoms with E-state index in [0.717, 1.165) is 53.8 Å². The second-order valence-corrected chi connectivity index (χ2v) is 12.1. The van der Waals surface area contributed by atoms with E-state index in [1.165, 1.54) is 11.3 Å². The highest BCUT2D eigenvalue weighted by molar-refractivity contribution is 7.15. The van der Waals surface area contributed by atoms with Crippen LogP contribution in [0.4, 0.5) is 5.13 Å². The number of benzene rings is 1. The number of hydrogen-bond acceptors (Lipinski definition) is 9. The summed E-state index contributed by atoms with van der Waals surface area (Å²) in [5.41, 5.74) is 8.91. The fraction of sp³-hybridized carbons (Fsp3) is 0.533. The summed E-state index contributed by atoms with van der Waals surface area (Å²) in [7, 11) is 0. The van der Waals surface area contributed by atoms with Crippen molar-refractivity contribution in [3.05, 3.63) is 64.2 Å². The number of allylic oxidation sites excluding steroid dienone is 3. The molecule has 218 valence electrons. The Balaban J connectivity index is 1.31. The predicted molar refractivity (Wildman–Crippen MR) is 163 cm³/mol. The van der Waals surface area contributed by atoms with E-state index in [1.54, 1.807) is 13.8 Å². The lowest BCUT2D eigenvalue weighted by atomic mass is 9.96. The van der Waals surface area contributed by atoms with Crippen LogP contribution in [0, 0.1) is 5.41 Å². The Morgan fingerprint density at radius 3 is 2.67 bits per heavy atom. The number of aliphatic imine (C=N–C) groups is 1. The molecule has 1 aliphatic carbocycles. The van der Waals surface area contributed by atoms with Gasteiger partial charge in [-0.05, 0) is 69.1 Å². The highest BCUT2D eigenvalue weighted by Gasteiger charge is 2.15. The van der Waals surface area contributed by atoms with E-state index in [2.05, 4.69) is 32.7 Å². The Morgan fingerprint density at radius 1 is 1.12 bits per heavy atom. The minimum Gasteiger partial charge on any atom is -0.390 e. The molecule has 3 rings (SSSR count). The summed E-state index contributed by atoms with van der Waals surface area (Å²) in [5, 5.41) is 51.8. The molecule has 1 aliphatic rings. The molecule has 0 radical (unpaired) electrons. The van der Waals surface area contributed by atoms with Gasteiger partial charge in [-0.1, -0.05) is 53.8 Å². The molecule has 0 saturated carbocycles. The minimum absolute atomic E-state index is 0.385. The monoisotopic (exact) mass is 568 g/mol. The Hall–Kier alpha value is -2.92. The van der Waals surface area contributed by atoms with E-state index in [4.69, 9.17) is 11.1 Å². The summed E-state index contributed by atoms with van der Waals surface area (Å²) in [6, 6.07) is 7.88. The lowest BCUT2D eigenvalue weighted by Crippen LogP contribution is -2.23. The third-order valence-electron chi connectivity index (χ3n) is 6.42. The Morgan fingerprint density at radius 2 is 1.93 bits per heavy atom. The van der Waals surface area contributed by atoms with Crippen LogP contribution in [0.5, 0.6) is 0 Å². The molecular formula is C30H44N6O3S. The van der Waals surface area contributed by atoms with Crippen molar-refractivity contribution in [2.75, 3.05) is 5.32 Å². The molecule has 2 unspecified atom stereocenters. The third-order valence-corrected chi connectivity index (χ3v) is 7.34. The molecule has 0 aliphatic heterocycles. The summed E-state index contributed by atoms with van der Waals surface area (Å²) >= 11 is 1.43. The standard InChI is InChI=1S/C30H44N6O3S/c1-30(2,39)20-23-12-8-11-22(17-23)19-27(38)34-29-36-35-28(40-29)14-7-6-13-24(31)15-16-25(32)33-26(37)18-21-9-4-3-5-10-21/h4,8-12,17,26-27,31,37-39H,3,5-7,13-16,18-20H2,1-2H3,(H2,32,33)(H,34,36). The number of nitrogens with one attached hydrogen (secondary N) is 2. The van der Waals surface area contributed by atoms with E-state index < -0.39 is 18.1 Å². The Kier molecular flexibility index (Phi) is 12.5. The normalized spacial score (nSPS) is 15.5. The van der Waals surface area contributed by atoms with Gasteiger partial charge in [0.1, 0.15) is 11.2 Å². The van der Waals surface area contributed by atoms with Gasteiger partial charge >= 0.3 is 0 Å². The van der Waals surface area contributed by atoms with Crippen LogP contribution in [-0.2, 0) is 19.3 Å². The zero-order valence-corrected chi connectivity index (χ0v) is 24.5. The van der Waals surface area contributed by atoms with Crippen molar-refractivity contribution in [2.24, 2.45) is 10.7 Å². The molecule has 7 N–H and O–H groups in total. The number of unbranched alkanes of at least 4 members (excludes halogenated alkanes) is 1. The Labute approximate surface area is 241 Å². The van der Waals surface area contributed by atoms with Crippen LogP contribution in [0.1, 0.15) is 81.3 Å². The number of aliphatic hydroxyl groups excluding tert-OH is 2. The third kappa shape index (κ3) is 12.5. The van der Waals surface area contributed by atoms with Gasteiger partial charge in [0.2, 0.25) is 5.13 Å². The van der Waals surface area contributed by atoms with Crippen molar-refractivity contribution in [3.8, 4) is 0 Å². The van der Waals surface area contributed by atoms with Crippen molar-refractivity contribution >= 4 is 28.0 Å². The SMILES string of the molecule is CC(C)(O)Cc1cccc(CC(O)Nc2nnc(CCCCC(=N)CCC(N)=NC(O)CC3=CCCC=C3)s2)c1. The molecule has 9 nitrogen and oxygen atoms in total. The molecule has 0 spiro atoms. The molecule has 0 fully saturated rings. The van der Waals surface area contributed by atoms with Crippen LogP contribution in [0.15, 0.2) is 53.1 Å². The van der Waals surface area contributed by atoms with Gasteiger partial charge < -0.3 is 31.8 Å². The first-order valence-corrected chi connectivity index (χ1v) is 14.9. The first-order chi connectivity index (χ1) is 19.1. The highest BCUT2D eigenvalue weighted by Crippen LogP contribution is 2.20. The van der Waals surface area contributed by atoms with Crippen LogP contribution < -0.4 is 11.1 Å². The summed E-state index contributed by atoms with van der Waals surface area (Å²) in [6.07, 6.45) is 12.3. The van der Waals surface area contributed by atoms with Crippen LogP contribution in [0.2, 0.25) is 0 Å². The summed E-state index contributed by atoms with van der Waals surface area (Å²) in [4.78, 5) is 4.17. The molecule has 1 aromatic carbocycles. The van der Waals surface area contributed by atoms with Crippen molar-refractivity contribution in [2.45, 2.75) is 103 Å². The second kappa shape index (κ2) is 15.8. The maximum Gasteiger partial charge on any atom is 0.207 e. The van der Waals surface area contributed by atoms with E-state index in [0.29, 0.717) is 55.2 Å². The van der Waals surface area contributed by atoms with E-state index in [1.807, 2.05) is 30.3 Å². The van der Waals surface area contributed by atoms with Gasteiger partial charge in [-0.15, -0.1) is 10.2 Å². The minimum atomic E-state index is -0.841. The first-order valence-electron chi connectivity index (χ1n) is 14.0. The zero-order chi connectivity index (χ0) is 29.0. The highest BCUT2D eigenvalue weighted by atomic mass is 32.1. The van der Waals surface area contributed by atoms with Gasteiger partial charge in [-0.25, -0.2) is 4.99 Å². The van der Waals surface area contributed by atoms with Gasteiger partial charge in [0, 0.05) is 37.8 Å². The molecule has 0 bridgehead atoms. The predicted octanol–water partition coefficient (Wildman–Crippen LogP) is 4.68. The van der Waals surface area contributed by atoms with Gasteiger partial charge in [-0.2, -0.15) is 0 Å². The number of nitrogens with zero attached hydrogens (tertiary/aromatic N) is 3. The van der Waals surface area contributed by atoms with Gasteiger partial charge in [-0.3, -0.25) is 0 Å². The van der Waals surface area contributed by atoms with E-state index in [-0.39, 0.29) is 0 Å². The van der Waals surface area contributed by atoms with Crippen LogP contribution in [0.25, 0.3) is 0 Å². The molecule has 40 heavy (non-hydrogen) atoms. The fourth-order valence-electron chi connectivity index (χ4n) is 4.55. The average molecular weight is 569 g/mol. The van der Waals surface area contributed by atoms with Crippen LogP contribution >= 0.6 is 11.3 Å². The van der Waals surface area contributed by atoms with Crippen LogP contribution in [0.3, 0.4) is 0 Å². The van der Waals surface area contributed by atoms with Crippen molar-refractivity contribution in [3.63, 3.8) is 0 Å². The summed E-state index contributed by atoms with van der Waals surface area (Å²) < 4.78 is 0. The zero-order valence-electron chi connectivity index (χ0n) is 23.6. The van der Waals surface area contributed by atoms with Crippen molar-refractivity contribution < 1.29 is 15.3 Å². The fourth-order valence-corrected chi connectivity index (χ4v) is 5.37. The smallest absolute Gasteiger partial charge is 0.207 e. The quantitative estimate of drug-likeness (QED) is 0.0699. The Bertz CT molecular complexity index is 1180. The lowest BCUT2D eigenvalue weighted by Gasteiger charge is -2.18. The molecule has 0 amide bonds. The number of nitrogens with two attached hydrogens (primary N) is 1. The van der Waals surface area contributed by atoms with E-state index in [9.17, 15) is 15.3 Å².